The lowest BCUT2D eigenvalue weighted by atomic mass is 9.74. The van der Waals surface area contributed by atoms with Gasteiger partial charge in [0.1, 0.15) is 0 Å². The molecule has 1 heteroatoms. The zero-order valence-electron chi connectivity index (χ0n) is 39.0. The summed E-state index contributed by atoms with van der Waals surface area (Å²) in [7, 11) is 0. The molecule has 68 heavy (non-hydrogen) atoms. The Morgan fingerprint density at radius 1 is 0.265 bits per heavy atom. The molecular formula is C67H51N. The highest BCUT2D eigenvalue weighted by Gasteiger charge is 2.42. The van der Waals surface area contributed by atoms with Crippen LogP contribution in [0, 0.1) is 0 Å². The monoisotopic (exact) mass is 869 g/mol. The van der Waals surface area contributed by atoms with E-state index in [-0.39, 0.29) is 16.2 Å². The molecule has 324 valence electrons. The maximum absolute atomic E-state index is 2.49. The van der Waals surface area contributed by atoms with E-state index in [9.17, 15) is 0 Å². The van der Waals surface area contributed by atoms with Crippen molar-refractivity contribution in [3.8, 4) is 55.6 Å². The average molecular weight is 870 g/mol. The predicted molar refractivity (Wildman–Crippen MR) is 284 cm³/mol. The molecule has 0 N–H and O–H groups in total. The molecule has 0 bridgehead atoms. The maximum atomic E-state index is 2.49. The average Bonchev–Trinajstić information content (AvgIpc) is 3.91. The van der Waals surface area contributed by atoms with Crippen LogP contribution < -0.4 is 4.90 Å². The van der Waals surface area contributed by atoms with Crippen LogP contribution in [0.5, 0.6) is 0 Å². The molecule has 0 saturated heterocycles. The molecule has 0 spiro atoms. The third-order valence-corrected chi connectivity index (χ3v) is 16.1. The van der Waals surface area contributed by atoms with E-state index in [1.54, 1.807) is 0 Å². The minimum absolute atomic E-state index is 0.144. The summed E-state index contributed by atoms with van der Waals surface area (Å²) in [5.74, 6) is 0. The molecule has 0 heterocycles. The molecule has 0 aromatic heterocycles. The summed E-state index contributed by atoms with van der Waals surface area (Å²) < 4.78 is 0. The second-order valence-corrected chi connectivity index (χ2v) is 19.9. The van der Waals surface area contributed by atoms with Gasteiger partial charge in [-0.15, -0.1) is 0 Å². The molecule has 3 aliphatic carbocycles. The first kappa shape index (κ1) is 40.3. The van der Waals surface area contributed by atoms with Crippen LogP contribution >= 0.6 is 0 Å². The first-order chi connectivity index (χ1) is 33.2. The fraction of sp³-hybridized carbons (Fsp3) is 0.104. The Bertz CT molecular complexity index is 3620. The quantitative estimate of drug-likeness (QED) is 0.154. The predicted octanol–water partition coefficient (Wildman–Crippen LogP) is 17.5. The van der Waals surface area contributed by atoms with Gasteiger partial charge in [0.2, 0.25) is 0 Å². The lowest BCUT2D eigenvalue weighted by Gasteiger charge is -2.31. The topological polar surface area (TPSA) is 3.24 Å². The largest absolute Gasteiger partial charge is 0.310 e. The Kier molecular flexibility index (Phi) is 8.89. The van der Waals surface area contributed by atoms with Gasteiger partial charge in [-0.1, -0.05) is 208 Å². The fourth-order valence-corrected chi connectivity index (χ4v) is 12.5. The Morgan fingerprint density at radius 2 is 0.662 bits per heavy atom. The third-order valence-electron chi connectivity index (χ3n) is 16.1. The van der Waals surface area contributed by atoms with Gasteiger partial charge in [0.05, 0.1) is 5.69 Å². The highest BCUT2D eigenvalue weighted by molar-refractivity contribution is 5.93. The zero-order chi connectivity index (χ0) is 45.8. The highest BCUT2D eigenvalue weighted by Crippen LogP contribution is 2.56. The van der Waals surface area contributed by atoms with E-state index < -0.39 is 0 Å². The van der Waals surface area contributed by atoms with E-state index in [1.165, 1.54) is 100 Å². The maximum Gasteiger partial charge on any atom is 0.0540 e. The molecule has 0 saturated carbocycles. The van der Waals surface area contributed by atoms with Crippen molar-refractivity contribution in [1.29, 1.82) is 0 Å². The number of hydrogen-bond acceptors (Lipinski definition) is 1. The molecule has 0 amide bonds. The smallest absolute Gasteiger partial charge is 0.0540 e. The molecule has 10 aromatic carbocycles. The fourth-order valence-electron chi connectivity index (χ4n) is 12.5. The van der Waals surface area contributed by atoms with Gasteiger partial charge in [0, 0.05) is 33.2 Å². The second-order valence-electron chi connectivity index (χ2n) is 19.9. The van der Waals surface area contributed by atoms with Crippen molar-refractivity contribution in [2.24, 2.45) is 0 Å². The van der Waals surface area contributed by atoms with Crippen LogP contribution in [0.1, 0.15) is 72.2 Å². The number of hydrogen-bond donors (Lipinski definition) is 0. The lowest BCUT2D eigenvalue weighted by molar-refractivity contribution is 0.660. The first-order valence-electron chi connectivity index (χ1n) is 24.1. The Hall–Kier alpha value is -8.00. The molecule has 2 atom stereocenters. The van der Waals surface area contributed by atoms with E-state index in [0.717, 1.165) is 17.1 Å². The molecule has 13 rings (SSSR count). The van der Waals surface area contributed by atoms with Crippen molar-refractivity contribution < 1.29 is 0 Å². The van der Waals surface area contributed by atoms with Crippen LogP contribution in [-0.4, -0.2) is 0 Å². The van der Waals surface area contributed by atoms with Gasteiger partial charge in [-0.2, -0.15) is 0 Å². The SMILES string of the molecule is CC1(C)c2ccccc2-c2ccc(N(c3ccc(-c4ccc5c(c4)C(C)(c4ccccc4)c4ccccc4-5)cc3)c3ccccc3-c3ccc4c(c3)C(C)(c3ccccc3)c3ccccc3-4)cc21. The van der Waals surface area contributed by atoms with Gasteiger partial charge in [-0.05, 0) is 151 Å². The van der Waals surface area contributed by atoms with Crippen LogP contribution in [-0.2, 0) is 16.2 Å². The minimum Gasteiger partial charge on any atom is -0.310 e. The Labute approximate surface area is 400 Å². The summed E-state index contributed by atoms with van der Waals surface area (Å²) in [6, 6.07) is 88.6. The summed E-state index contributed by atoms with van der Waals surface area (Å²) in [6.07, 6.45) is 0. The second kappa shape index (κ2) is 15.0. The number of para-hydroxylation sites is 1. The number of benzene rings is 10. The molecule has 0 fully saturated rings. The van der Waals surface area contributed by atoms with Gasteiger partial charge in [-0.3, -0.25) is 0 Å². The zero-order valence-corrected chi connectivity index (χ0v) is 39.0. The molecule has 0 aliphatic heterocycles. The van der Waals surface area contributed by atoms with Crippen LogP contribution in [0.25, 0.3) is 55.6 Å². The number of fused-ring (bicyclic) bond motifs is 9. The third kappa shape index (κ3) is 5.75. The highest BCUT2D eigenvalue weighted by atomic mass is 15.1. The molecular weight excluding hydrogens is 819 g/mol. The number of nitrogens with zero attached hydrogens (tertiary/aromatic N) is 1. The summed E-state index contributed by atoms with van der Waals surface area (Å²) in [5.41, 5.74) is 26.1. The number of anilines is 3. The summed E-state index contributed by atoms with van der Waals surface area (Å²) in [4.78, 5) is 2.49. The van der Waals surface area contributed by atoms with Crippen molar-refractivity contribution in [1.82, 2.24) is 0 Å². The van der Waals surface area contributed by atoms with Gasteiger partial charge >= 0.3 is 0 Å². The van der Waals surface area contributed by atoms with Crippen molar-refractivity contribution in [3.05, 3.63) is 281 Å². The van der Waals surface area contributed by atoms with Crippen molar-refractivity contribution >= 4 is 17.1 Å². The molecule has 3 aliphatic rings. The summed E-state index contributed by atoms with van der Waals surface area (Å²) in [6.45, 7) is 9.55. The number of rotatable bonds is 7. The van der Waals surface area contributed by atoms with Crippen LogP contribution in [0.3, 0.4) is 0 Å². The molecule has 10 aromatic rings. The minimum atomic E-state index is -0.299. The summed E-state index contributed by atoms with van der Waals surface area (Å²) >= 11 is 0. The van der Waals surface area contributed by atoms with E-state index in [0.29, 0.717) is 0 Å². The Balaban J connectivity index is 0.959. The van der Waals surface area contributed by atoms with E-state index in [2.05, 4.69) is 269 Å². The van der Waals surface area contributed by atoms with Gasteiger partial charge in [-0.25, -0.2) is 0 Å². The standard InChI is InChI=1S/C67H51N/c1-65(2)58-27-15-11-24-52(58)55-40-37-50(43-61(55)65)68(49-35-31-44(32-36-49)45-33-38-56-53-25-12-16-28-59(53)66(3,62(56)41-45)47-19-7-5-8-20-47)64-30-18-14-23-51(64)46-34-39-57-54-26-13-17-29-60(54)67(4,63(57)42-46)48-21-9-6-10-22-48/h5-43H,1-4H3. The lowest BCUT2D eigenvalue weighted by Crippen LogP contribution is -2.22. The normalized spacial score (nSPS) is 17.6. The van der Waals surface area contributed by atoms with Crippen molar-refractivity contribution in [3.63, 3.8) is 0 Å². The van der Waals surface area contributed by atoms with Gasteiger partial charge < -0.3 is 4.90 Å². The first-order valence-corrected chi connectivity index (χ1v) is 24.1. The van der Waals surface area contributed by atoms with E-state index in [1.807, 2.05) is 0 Å². The molecule has 2 unspecified atom stereocenters. The van der Waals surface area contributed by atoms with Crippen LogP contribution in [0.2, 0.25) is 0 Å². The van der Waals surface area contributed by atoms with Crippen LogP contribution in [0.15, 0.2) is 237 Å². The van der Waals surface area contributed by atoms with Gasteiger partial charge in [0.25, 0.3) is 0 Å². The van der Waals surface area contributed by atoms with Crippen molar-refractivity contribution in [2.75, 3.05) is 4.90 Å². The van der Waals surface area contributed by atoms with Gasteiger partial charge in [0.15, 0.2) is 0 Å². The van der Waals surface area contributed by atoms with E-state index >= 15 is 0 Å². The molecule has 0 radical (unpaired) electrons. The van der Waals surface area contributed by atoms with E-state index in [4.69, 9.17) is 0 Å². The van der Waals surface area contributed by atoms with Crippen LogP contribution in [0.4, 0.5) is 17.1 Å². The van der Waals surface area contributed by atoms with Crippen molar-refractivity contribution in [2.45, 2.75) is 43.9 Å². The summed E-state index contributed by atoms with van der Waals surface area (Å²) in [5, 5.41) is 0. The Morgan fingerprint density at radius 3 is 1.25 bits per heavy atom. The molecule has 1 nitrogen and oxygen atoms in total.